The SMILES string of the molecule is O=C(NCc1cccnc1Oc1cccc(F)c1)N1CCN(c2ccc(F)cc2)CC1. The number of hydrogen-bond acceptors (Lipinski definition) is 4. The van der Waals surface area contributed by atoms with Gasteiger partial charge in [0.1, 0.15) is 17.4 Å². The number of ether oxygens (including phenoxy) is 1. The van der Waals surface area contributed by atoms with Crippen molar-refractivity contribution in [2.75, 3.05) is 31.1 Å². The molecule has 1 saturated heterocycles. The van der Waals surface area contributed by atoms with Crippen LogP contribution in [0, 0.1) is 11.6 Å². The van der Waals surface area contributed by atoms with Gasteiger partial charge in [-0.15, -0.1) is 0 Å². The van der Waals surface area contributed by atoms with Crippen molar-refractivity contribution in [2.24, 2.45) is 0 Å². The molecule has 6 nitrogen and oxygen atoms in total. The van der Waals surface area contributed by atoms with Crippen molar-refractivity contribution >= 4 is 11.7 Å². The molecule has 1 aliphatic rings. The Balaban J connectivity index is 1.32. The van der Waals surface area contributed by atoms with Gasteiger partial charge in [0.05, 0.1) is 0 Å². The molecule has 0 unspecified atom stereocenters. The van der Waals surface area contributed by atoms with Gasteiger partial charge in [0.2, 0.25) is 5.88 Å². The summed E-state index contributed by atoms with van der Waals surface area (Å²) < 4.78 is 32.2. The summed E-state index contributed by atoms with van der Waals surface area (Å²) in [7, 11) is 0. The molecule has 0 atom stereocenters. The van der Waals surface area contributed by atoms with Crippen molar-refractivity contribution < 1.29 is 18.3 Å². The second kappa shape index (κ2) is 9.42. The third-order valence-corrected chi connectivity index (χ3v) is 5.05. The first-order chi connectivity index (χ1) is 15.1. The van der Waals surface area contributed by atoms with E-state index in [4.69, 9.17) is 4.74 Å². The van der Waals surface area contributed by atoms with E-state index < -0.39 is 5.82 Å². The molecule has 0 saturated carbocycles. The molecule has 1 aliphatic heterocycles. The van der Waals surface area contributed by atoms with Gasteiger partial charge in [-0.3, -0.25) is 0 Å². The molecule has 2 heterocycles. The Morgan fingerprint density at radius 3 is 2.48 bits per heavy atom. The zero-order valence-electron chi connectivity index (χ0n) is 16.8. The monoisotopic (exact) mass is 424 g/mol. The first kappa shape index (κ1) is 20.6. The van der Waals surface area contributed by atoms with Gasteiger partial charge in [0.15, 0.2) is 0 Å². The Hall–Kier alpha value is -3.68. The fraction of sp³-hybridized carbons (Fsp3) is 0.217. The molecule has 0 radical (unpaired) electrons. The number of nitrogens with one attached hydrogen (secondary N) is 1. The van der Waals surface area contributed by atoms with Gasteiger partial charge in [-0.1, -0.05) is 12.1 Å². The maximum atomic E-state index is 13.4. The summed E-state index contributed by atoms with van der Waals surface area (Å²) in [6, 6.07) is 15.5. The number of rotatable bonds is 5. The van der Waals surface area contributed by atoms with Crippen LogP contribution >= 0.6 is 0 Å². The largest absolute Gasteiger partial charge is 0.439 e. The average molecular weight is 424 g/mol. The van der Waals surface area contributed by atoms with Crippen molar-refractivity contribution in [1.82, 2.24) is 15.2 Å². The van der Waals surface area contributed by atoms with Gasteiger partial charge >= 0.3 is 6.03 Å². The molecule has 0 aliphatic carbocycles. The number of carbonyl (C=O) groups is 1. The van der Waals surface area contributed by atoms with Crippen LogP contribution < -0.4 is 15.0 Å². The molecular weight excluding hydrogens is 402 g/mol. The van der Waals surface area contributed by atoms with Crippen LogP contribution in [0.3, 0.4) is 0 Å². The Morgan fingerprint density at radius 1 is 0.968 bits per heavy atom. The highest BCUT2D eigenvalue weighted by atomic mass is 19.1. The molecule has 1 N–H and O–H groups in total. The summed E-state index contributed by atoms with van der Waals surface area (Å²) in [5.74, 6) is -0.0151. The Morgan fingerprint density at radius 2 is 1.74 bits per heavy atom. The molecular formula is C23H22F2N4O2. The average Bonchev–Trinajstić information content (AvgIpc) is 2.79. The van der Waals surface area contributed by atoms with Crippen LogP contribution in [0.2, 0.25) is 0 Å². The predicted molar refractivity (Wildman–Crippen MR) is 113 cm³/mol. The number of piperazine rings is 1. The van der Waals surface area contributed by atoms with E-state index in [1.807, 2.05) is 0 Å². The summed E-state index contributed by atoms with van der Waals surface area (Å²) in [6.45, 7) is 2.68. The van der Waals surface area contributed by atoms with E-state index in [1.54, 1.807) is 47.5 Å². The molecule has 8 heteroatoms. The molecule has 31 heavy (non-hydrogen) atoms. The van der Waals surface area contributed by atoms with Crippen molar-refractivity contribution in [3.63, 3.8) is 0 Å². The van der Waals surface area contributed by atoms with E-state index in [0.29, 0.717) is 43.4 Å². The number of aromatic nitrogens is 1. The summed E-state index contributed by atoms with van der Waals surface area (Å²) in [5, 5.41) is 2.89. The molecule has 160 valence electrons. The highest BCUT2D eigenvalue weighted by Crippen LogP contribution is 2.23. The lowest BCUT2D eigenvalue weighted by atomic mass is 10.2. The van der Waals surface area contributed by atoms with E-state index in [9.17, 15) is 13.6 Å². The number of benzene rings is 2. The molecule has 1 fully saturated rings. The fourth-order valence-electron chi connectivity index (χ4n) is 3.39. The number of hydrogen-bond donors (Lipinski definition) is 1. The van der Waals surface area contributed by atoms with Crippen LogP contribution in [-0.4, -0.2) is 42.1 Å². The van der Waals surface area contributed by atoms with Gasteiger partial charge < -0.3 is 19.9 Å². The third-order valence-electron chi connectivity index (χ3n) is 5.05. The van der Waals surface area contributed by atoms with E-state index in [1.165, 1.54) is 24.3 Å². The van der Waals surface area contributed by atoms with Gasteiger partial charge in [0, 0.05) is 56.2 Å². The second-order valence-electron chi connectivity index (χ2n) is 7.14. The lowest BCUT2D eigenvalue weighted by Crippen LogP contribution is -2.51. The maximum absolute atomic E-state index is 13.4. The minimum absolute atomic E-state index is 0.181. The first-order valence-corrected chi connectivity index (χ1v) is 9.99. The lowest BCUT2D eigenvalue weighted by molar-refractivity contribution is 0.194. The highest BCUT2D eigenvalue weighted by Gasteiger charge is 2.21. The van der Waals surface area contributed by atoms with E-state index in [0.717, 1.165) is 5.69 Å². The standard InChI is InChI=1S/C23H22F2N4O2/c24-18-6-8-20(9-7-18)28-11-13-29(14-12-28)23(30)27-16-17-3-2-10-26-22(17)31-21-5-1-4-19(25)15-21/h1-10,15H,11-14,16H2,(H,27,30). The zero-order valence-corrected chi connectivity index (χ0v) is 16.8. The van der Waals surface area contributed by atoms with Crippen molar-refractivity contribution in [1.29, 1.82) is 0 Å². The Labute approximate surface area is 179 Å². The van der Waals surface area contributed by atoms with Crippen LogP contribution in [0.5, 0.6) is 11.6 Å². The van der Waals surface area contributed by atoms with Crippen LogP contribution in [0.1, 0.15) is 5.56 Å². The van der Waals surface area contributed by atoms with E-state index in [2.05, 4.69) is 15.2 Å². The highest BCUT2D eigenvalue weighted by molar-refractivity contribution is 5.74. The van der Waals surface area contributed by atoms with Gasteiger partial charge in [-0.25, -0.2) is 18.6 Å². The molecule has 3 aromatic rings. The number of halogens is 2. The summed E-state index contributed by atoms with van der Waals surface area (Å²) in [6.07, 6.45) is 1.58. The minimum atomic E-state index is -0.400. The predicted octanol–water partition coefficient (Wildman–Crippen LogP) is 4.18. The number of urea groups is 1. The van der Waals surface area contributed by atoms with Crippen molar-refractivity contribution in [3.05, 3.63) is 84.1 Å². The number of nitrogens with zero attached hydrogens (tertiary/aromatic N) is 3. The Bertz CT molecular complexity index is 1040. The van der Waals surface area contributed by atoms with E-state index >= 15 is 0 Å². The van der Waals surface area contributed by atoms with Crippen molar-refractivity contribution in [3.8, 4) is 11.6 Å². The molecule has 2 amide bonds. The normalized spacial score (nSPS) is 13.7. The summed E-state index contributed by atoms with van der Waals surface area (Å²) in [5.41, 5.74) is 1.63. The van der Waals surface area contributed by atoms with E-state index in [-0.39, 0.29) is 18.4 Å². The van der Waals surface area contributed by atoms with Gasteiger partial charge in [-0.2, -0.15) is 0 Å². The molecule has 1 aromatic heterocycles. The summed E-state index contributed by atoms with van der Waals surface area (Å²) >= 11 is 0. The third kappa shape index (κ3) is 5.28. The van der Waals surface area contributed by atoms with Gasteiger partial charge in [0.25, 0.3) is 0 Å². The number of pyridine rings is 1. The quantitative estimate of drug-likeness (QED) is 0.668. The van der Waals surface area contributed by atoms with Crippen LogP contribution in [0.4, 0.5) is 19.3 Å². The topological polar surface area (TPSA) is 57.7 Å². The molecule has 0 bridgehead atoms. The van der Waals surface area contributed by atoms with Crippen LogP contribution in [0.15, 0.2) is 66.9 Å². The number of carbonyl (C=O) groups excluding carboxylic acids is 1. The fourth-order valence-corrected chi connectivity index (χ4v) is 3.39. The maximum Gasteiger partial charge on any atom is 0.317 e. The van der Waals surface area contributed by atoms with Crippen LogP contribution in [-0.2, 0) is 6.54 Å². The van der Waals surface area contributed by atoms with Crippen molar-refractivity contribution in [2.45, 2.75) is 6.54 Å². The molecule has 2 aromatic carbocycles. The molecule has 4 rings (SSSR count). The minimum Gasteiger partial charge on any atom is -0.439 e. The lowest BCUT2D eigenvalue weighted by Gasteiger charge is -2.36. The Kier molecular flexibility index (Phi) is 6.26. The number of anilines is 1. The summed E-state index contributed by atoms with van der Waals surface area (Å²) in [4.78, 5) is 20.7. The second-order valence-corrected chi connectivity index (χ2v) is 7.14. The molecule has 0 spiro atoms. The first-order valence-electron chi connectivity index (χ1n) is 9.99. The van der Waals surface area contributed by atoms with Crippen LogP contribution in [0.25, 0.3) is 0 Å². The smallest absolute Gasteiger partial charge is 0.317 e. The zero-order chi connectivity index (χ0) is 21.6. The van der Waals surface area contributed by atoms with Gasteiger partial charge in [-0.05, 0) is 42.5 Å². The number of amides is 2.